The van der Waals surface area contributed by atoms with Crippen LogP contribution in [0, 0.1) is 0 Å². The van der Waals surface area contributed by atoms with Gasteiger partial charge in [0.05, 0.1) is 6.61 Å². The lowest BCUT2D eigenvalue weighted by Crippen LogP contribution is -2.13. The van der Waals surface area contributed by atoms with Crippen molar-refractivity contribution in [2.24, 2.45) is 0 Å². The molecule has 0 bridgehead atoms. The Labute approximate surface area is 115 Å². The highest BCUT2D eigenvalue weighted by molar-refractivity contribution is 5.27. The molecule has 0 heterocycles. The Hall–Kier alpha value is -1.64. The smallest absolute Gasteiger partial charge is 0.0681 e. The molecule has 0 aromatic heterocycles. The highest BCUT2D eigenvalue weighted by atomic mass is 16.3. The van der Waals surface area contributed by atoms with E-state index in [1.807, 2.05) is 12.1 Å². The van der Waals surface area contributed by atoms with Crippen molar-refractivity contribution in [2.75, 3.05) is 0 Å². The van der Waals surface area contributed by atoms with Crippen molar-refractivity contribution in [2.45, 2.75) is 33.0 Å². The third-order valence-corrected chi connectivity index (χ3v) is 3.35. The van der Waals surface area contributed by atoms with Gasteiger partial charge in [0.25, 0.3) is 0 Å². The van der Waals surface area contributed by atoms with E-state index >= 15 is 0 Å². The first-order chi connectivity index (χ1) is 9.33. The average Bonchev–Trinajstić information content (AvgIpc) is 2.48. The van der Waals surface area contributed by atoms with Gasteiger partial charge in [0.1, 0.15) is 0 Å². The van der Waals surface area contributed by atoms with Crippen molar-refractivity contribution in [1.29, 1.82) is 0 Å². The molecule has 0 radical (unpaired) electrons. The van der Waals surface area contributed by atoms with Gasteiger partial charge in [-0.25, -0.2) is 0 Å². The van der Waals surface area contributed by atoms with Crippen LogP contribution in [-0.2, 0) is 26.1 Å². The van der Waals surface area contributed by atoms with E-state index < -0.39 is 0 Å². The molecule has 2 rings (SSSR count). The molecule has 2 heteroatoms. The van der Waals surface area contributed by atoms with Gasteiger partial charge in [-0.3, -0.25) is 0 Å². The van der Waals surface area contributed by atoms with Crippen molar-refractivity contribution in [3.05, 3.63) is 70.8 Å². The first-order valence-electron chi connectivity index (χ1n) is 6.79. The topological polar surface area (TPSA) is 32.3 Å². The Morgan fingerprint density at radius 2 is 1.47 bits per heavy atom. The fraction of sp³-hybridized carbons (Fsp3) is 0.294. The SMILES string of the molecule is CCc1ccccc1CNCc1ccc(CO)cc1. The number of aryl methyl sites for hydroxylation is 1. The molecule has 0 saturated heterocycles. The van der Waals surface area contributed by atoms with Crippen molar-refractivity contribution in [3.63, 3.8) is 0 Å². The second-order valence-corrected chi connectivity index (χ2v) is 4.70. The van der Waals surface area contributed by atoms with Crippen molar-refractivity contribution >= 4 is 0 Å². The van der Waals surface area contributed by atoms with Gasteiger partial charge in [0.15, 0.2) is 0 Å². The molecule has 2 aromatic carbocycles. The molecule has 0 aliphatic rings. The maximum Gasteiger partial charge on any atom is 0.0681 e. The lowest BCUT2D eigenvalue weighted by molar-refractivity contribution is 0.282. The molecule has 2 N–H and O–H groups in total. The summed E-state index contributed by atoms with van der Waals surface area (Å²) in [5.74, 6) is 0. The lowest BCUT2D eigenvalue weighted by atomic mass is 10.1. The van der Waals surface area contributed by atoms with Crippen LogP contribution in [0.5, 0.6) is 0 Å². The van der Waals surface area contributed by atoms with E-state index in [1.54, 1.807) is 0 Å². The summed E-state index contributed by atoms with van der Waals surface area (Å²) < 4.78 is 0. The second kappa shape index (κ2) is 7.07. The number of hydrogen-bond acceptors (Lipinski definition) is 2. The van der Waals surface area contributed by atoms with E-state index in [-0.39, 0.29) is 6.61 Å². The zero-order valence-corrected chi connectivity index (χ0v) is 11.4. The molecule has 0 aliphatic carbocycles. The fourth-order valence-corrected chi connectivity index (χ4v) is 2.18. The van der Waals surface area contributed by atoms with Crippen LogP contribution in [0.1, 0.15) is 29.2 Å². The second-order valence-electron chi connectivity index (χ2n) is 4.70. The van der Waals surface area contributed by atoms with E-state index in [0.29, 0.717) is 0 Å². The molecule has 0 atom stereocenters. The summed E-state index contributed by atoms with van der Waals surface area (Å²) in [4.78, 5) is 0. The molecule has 0 amide bonds. The third kappa shape index (κ3) is 3.91. The largest absolute Gasteiger partial charge is 0.392 e. The highest BCUT2D eigenvalue weighted by Crippen LogP contribution is 2.10. The standard InChI is InChI=1S/C17H21NO/c1-2-16-5-3-4-6-17(16)12-18-11-14-7-9-15(13-19)10-8-14/h3-10,18-19H,2,11-13H2,1H3. The van der Waals surface area contributed by atoms with Gasteiger partial charge >= 0.3 is 0 Å². The molecular formula is C17H21NO. The molecule has 19 heavy (non-hydrogen) atoms. The van der Waals surface area contributed by atoms with Crippen LogP contribution in [0.4, 0.5) is 0 Å². The van der Waals surface area contributed by atoms with Gasteiger partial charge in [-0.2, -0.15) is 0 Å². The minimum Gasteiger partial charge on any atom is -0.392 e. The summed E-state index contributed by atoms with van der Waals surface area (Å²) in [5, 5.41) is 12.5. The monoisotopic (exact) mass is 255 g/mol. The Kier molecular flexibility index (Phi) is 5.13. The number of aliphatic hydroxyl groups excluding tert-OH is 1. The van der Waals surface area contributed by atoms with Crippen LogP contribution >= 0.6 is 0 Å². The highest BCUT2D eigenvalue weighted by Gasteiger charge is 1.99. The first-order valence-corrected chi connectivity index (χ1v) is 6.79. The van der Waals surface area contributed by atoms with E-state index in [4.69, 9.17) is 5.11 Å². The number of nitrogens with one attached hydrogen (secondary N) is 1. The number of hydrogen-bond donors (Lipinski definition) is 2. The Morgan fingerprint density at radius 3 is 2.11 bits per heavy atom. The van der Waals surface area contributed by atoms with Crippen LogP contribution < -0.4 is 5.32 Å². The molecule has 0 spiro atoms. The Bertz CT molecular complexity index is 505. The van der Waals surface area contributed by atoms with Crippen molar-refractivity contribution in [1.82, 2.24) is 5.32 Å². The summed E-state index contributed by atoms with van der Waals surface area (Å²) in [7, 11) is 0. The molecule has 0 fully saturated rings. The first kappa shape index (κ1) is 13.8. The van der Waals surface area contributed by atoms with E-state index in [2.05, 4.69) is 48.6 Å². The van der Waals surface area contributed by atoms with Crippen LogP contribution in [0.3, 0.4) is 0 Å². The van der Waals surface area contributed by atoms with Crippen LogP contribution in [0.15, 0.2) is 48.5 Å². The summed E-state index contributed by atoms with van der Waals surface area (Å²) >= 11 is 0. The minimum absolute atomic E-state index is 0.109. The number of benzene rings is 2. The summed E-state index contributed by atoms with van der Waals surface area (Å²) in [6, 6.07) is 16.6. The van der Waals surface area contributed by atoms with Crippen LogP contribution in [-0.4, -0.2) is 5.11 Å². The predicted octanol–water partition coefficient (Wildman–Crippen LogP) is 3.03. The van der Waals surface area contributed by atoms with Gasteiger partial charge < -0.3 is 10.4 Å². The Balaban J connectivity index is 1.88. The van der Waals surface area contributed by atoms with Gasteiger partial charge in [-0.15, -0.1) is 0 Å². The summed E-state index contributed by atoms with van der Waals surface area (Å²) in [6.07, 6.45) is 1.07. The number of rotatable bonds is 6. The fourth-order valence-electron chi connectivity index (χ4n) is 2.18. The van der Waals surface area contributed by atoms with Crippen molar-refractivity contribution in [3.8, 4) is 0 Å². The molecule has 0 saturated carbocycles. The maximum atomic E-state index is 9.00. The molecule has 0 aliphatic heterocycles. The molecule has 100 valence electrons. The van der Waals surface area contributed by atoms with Crippen molar-refractivity contribution < 1.29 is 5.11 Å². The van der Waals surface area contributed by atoms with Crippen LogP contribution in [0.2, 0.25) is 0 Å². The average molecular weight is 255 g/mol. The third-order valence-electron chi connectivity index (χ3n) is 3.35. The van der Waals surface area contributed by atoms with Gasteiger partial charge in [0.2, 0.25) is 0 Å². The summed E-state index contributed by atoms with van der Waals surface area (Å²) in [6.45, 7) is 4.04. The minimum atomic E-state index is 0.109. The van der Waals surface area contributed by atoms with E-state index in [1.165, 1.54) is 16.7 Å². The lowest BCUT2D eigenvalue weighted by Gasteiger charge is -2.09. The quantitative estimate of drug-likeness (QED) is 0.831. The molecule has 2 nitrogen and oxygen atoms in total. The normalized spacial score (nSPS) is 10.6. The van der Waals surface area contributed by atoms with Gasteiger partial charge in [-0.1, -0.05) is 55.5 Å². The van der Waals surface area contributed by atoms with E-state index in [0.717, 1.165) is 25.1 Å². The molecule has 2 aromatic rings. The zero-order valence-electron chi connectivity index (χ0n) is 11.4. The molecule has 0 unspecified atom stereocenters. The maximum absolute atomic E-state index is 9.00. The van der Waals surface area contributed by atoms with Gasteiger partial charge in [-0.05, 0) is 28.7 Å². The summed E-state index contributed by atoms with van der Waals surface area (Å²) in [5.41, 5.74) is 4.98. The molecular weight excluding hydrogens is 234 g/mol. The van der Waals surface area contributed by atoms with Crippen LogP contribution in [0.25, 0.3) is 0 Å². The zero-order chi connectivity index (χ0) is 13.5. The van der Waals surface area contributed by atoms with Gasteiger partial charge in [0, 0.05) is 13.1 Å². The Morgan fingerprint density at radius 1 is 0.842 bits per heavy atom. The van der Waals surface area contributed by atoms with E-state index in [9.17, 15) is 0 Å². The number of aliphatic hydroxyl groups is 1. The predicted molar refractivity (Wildman–Crippen MR) is 78.7 cm³/mol.